The summed E-state index contributed by atoms with van der Waals surface area (Å²) in [5.41, 5.74) is 5.93. The summed E-state index contributed by atoms with van der Waals surface area (Å²) >= 11 is 0. The monoisotopic (exact) mass is 425 g/mol. The number of ether oxygens (including phenoxy) is 1. The number of aryl methyl sites for hydroxylation is 1. The van der Waals surface area contributed by atoms with Crippen LogP contribution >= 0.6 is 0 Å². The lowest BCUT2D eigenvalue weighted by molar-refractivity contribution is 0.122. The molecule has 1 N–H and O–H groups in total. The van der Waals surface area contributed by atoms with Crippen LogP contribution in [0.1, 0.15) is 0 Å². The summed E-state index contributed by atoms with van der Waals surface area (Å²) in [4.78, 5) is 11.8. The van der Waals surface area contributed by atoms with Gasteiger partial charge in [-0.3, -0.25) is 4.68 Å². The first-order valence-electron chi connectivity index (χ1n) is 10.7. The second-order valence-electron chi connectivity index (χ2n) is 7.95. The molecule has 0 saturated carbocycles. The van der Waals surface area contributed by atoms with E-state index in [1.54, 1.807) is 6.20 Å². The molecule has 2 aromatic carbocycles. The van der Waals surface area contributed by atoms with Crippen LogP contribution in [-0.2, 0) is 11.8 Å². The Morgan fingerprint density at radius 1 is 1.03 bits per heavy atom. The molecule has 8 heteroatoms. The van der Waals surface area contributed by atoms with Gasteiger partial charge in [-0.25, -0.2) is 9.97 Å². The third-order valence-corrected chi connectivity index (χ3v) is 5.93. The molecule has 0 aliphatic carbocycles. The Balaban J connectivity index is 1.34. The Morgan fingerprint density at radius 2 is 1.88 bits per heavy atom. The third kappa shape index (κ3) is 3.34. The molecule has 1 aliphatic rings. The minimum atomic E-state index is 0.719. The number of nitrogens with one attached hydrogen (secondary N) is 1. The van der Waals surface area contributed by atoms with Crippen LogP contribution in [0.5, 0.6) is 0 Å². The van der Waals surface area contributed by atoms with Gasteiger partial charge in [-0.1, -0.05) is 12.1 Å². The quantitative estimate of drug-likeness (QED) is 0.471. The summed E-state index contributed by atoms with van der Waals surface area (Å²) in [6.45, 7) is 3.40. The lowest BCUT2D eigenvalue weighted by Gasteiger charge is -2.28. The van der Waals surface area contributed by atoms with Gasteiger partial charge < -0.3 is 19.4 Å². The van der Waals surface area contributed by atoms with Crippen LogP contribution in [0.2, 0.25) is 0 Å². The first-order chi connectivity index (χ1) is 15.7. The van der Waals surface area contributed by atoms with Crippen LogP contribution in [0.4, 0.5) is 17.2 Å². The molecule has 0 atom stereocenters. The van der Waals surface area contributed by atoms with Gasteiger partial charge >= 0.3 is 0 Å². The number of benzene rings is 2. The predicted molar refractivity (Wildman–Crippen MR) is 125 cm³/mol. The normalized spacial score (nSPS) is 14.3. The summed E-state index contributed by atoms with van der Waals surface area (Å²) in [5, 5.41) is 8.92. The van der Waals surface area contributed by atoms with Gasteiger partial charge in [0.1, 0.15) is 0 Å². The number of hydrogen-bond acceptors (Lipinski definition) is 6. The van der Waals surface area contributed by atoms with E-state index in [4.69, 9.17) is 9.72 Å². The van der Waals surface area contributed by atoms with Gasteiger partial charge in [0.05, 0.1) is 30.6 Å². The maximum absolute atomic E-state index is 5.45. The van der Waals surface area contributed by atoms with Crippen molar-refractivity contribution in [2.45, 2.75) is 0 Å². The van der Waals surface area contributed by atoms with E-state index in [1.165, 1.54) is 5.69 Å². The van der Waals surface area contributed by atoms with Crippen molar-refractivity contribution >= 4 is 33.7 Å². The van der Waals surface area contributed by atoms with Crippen LogP contribution in [-0.4, -0.2) is 50.5 Å². The number of nitrogens with zero attached hydrogens (tertiary/aromatic N) is 6. The van der Waals surface area contributed by atoms with E-state index in [0.717, 1.165) is 65.6 Å². The number of imidazole rings is 1. The van der Waals surface area contributed by atoms with Gasteiger partial charge in [-0.2, -0.15) is 5.10 Å². The minimum absolute atomic E-state index is 0.719. The maximum atomic E-state index is 5.45. The number of aromatic nitrogens is 5. The van der Waals surface area contributed by atoms with Gasteiger partial charge in [-0.15, -0.1) is 0 Å². The fourth-order valence-electron chi connectivity index (χ4n) is 4.17. The topological polar surface area (TPSA) is 72.5 Å². The van der Waals surface area contributed by atoms with Crippen LogP contribution in [0.25, 0.3) is 27.8 Å². The Labute approximate surface area is 185 Å². The largest absolute Gasteiger partial charge is 0.378 e. The lowest BCUT2D eigenvalue weighted by Crippen LogP contribution is -2.36. The minimum Gasteiger partial charge on any atom is -0.378 e. The van der Waals surface area contributed by atoms with Gasteiger partial charge in [0.15, 0.2) is 11.5 Å². The zero-order valence-electron chi connectivity index (χ0n) is 17.8. The zero-order chi connectivity index (χ0) is 21.5. The van der Waals surface area contributed by atoms with E-state index >= 15 is 0 Å². The molecular weight excluding hydrogens is 402 g/mol. The number of hydrogen-bond donors (Lipinski definition) is 1. The average molecular weight is 425 g/mol. The first kappa shape index (κ1) is 18.8. The van der Waals surface area contributed by atoms with Crippen molar-refractivity contribution in [2.75, 3.05) is 36.5 Å². The molecule has 0 bridgehead atoms. The molecule has 32 heavy (non-hydrogen) atoms. The van der Waals surface area contributed by atoms with E-state index < -0.39 is 0 Å². The Hall–Kier alpha value is -3.91. The van der Waals surface area contributed by atoms with Gasteiger partial charge in [0, 0.05) is 61.1 Å². The van der Waals surface area contributed by atoms with Crippen molar-refractivity contribution in [3.8, 4) is 11.3 Å². The number of morpholine rings is 1. The summed E-state index contributed by atoms with van der Waals surface area (Å²) in [7, 11) is 1.95. The molecule has 0 spiro atoms. The van der Waals surface area contributed by atoms with E-state index in [9.17, 15) is 0 Å². The van der Waals surface area contributed by atoms with Gasteiger partial charge in [0.25, 0.3) is 0 Å². The summed E-state index contributed by atoms with van der Waals surface area (Å²) in [6.07, 6.45) is 7.61. The predicted octanol–water partition coefficient (Wildman–Crippen LogP) is 3.86. The van der Waals surface area contributed by atoms with E-state index in [0.29, 0.717) is 0 Å². The van der Waals surface area contributed by atoms with Crippen LogP contribution in [0.3, 0.4) is 0 Å². The molecule has 160 valence electrons. The number of anilines is 3. The van der Waals surface area contributed by atoms with Crippen molar-refractivity contribution in [1.82, 2.24) is 24.1 Å². The summed E-state index contributed by atoms with van der Waals surface area (Å²) in [5.74, 6) is 0.719. The van der Waals surface area contributed by atoms with Gasteiger partial charge in [-0.05, 0) is 30.3 Å². The SMILES string of the molecule is Cn1ncc2ccc(-c3cn4ccnc4c(Nc4ccc(N5CCOCC5)cc4)n3)cc21. The second-order valence-corrected chi connectivity index (χ2v) is 7.95. The van der Waals surface area contributed by atoms with Crippen molar-refractivity contribution in [3.05, 3.63) is 67.3 Å². The fourth-order valence-corrected chi connectivity index (χ4v) is 4.17. The fraction of sp³-hybridized carbons (Fsp3) is 0.208. The molecule has 1 saturated heterocycles. The molecule has 3 aromatic heterocycles. The molecule has 8 nitrogen and oxygen atoms in total. The first-order valence-corrected chi connectivity index (χ1v) is 10.7. The Morgan fingerprint density at radius 3 is 2.72 bits per heavy atom. The van der Waals surface area contributed by atoms with Crippen LogP contribution < -0.4 is 10.2 Å². The maximum Gasteiger partial charge on any atom is 0.180 e. The standard InChI is InChI=1S/C24H23N7O/c1-29-22-14-17(2-3-18(22)15-26-29)21-16-31-9-8-25-24(31)23(28-21)27-19-4-6-20(7-5-19)30-10-12-32-13-11-30/h2-9,14-16H,10-13H2,1H3,(H,27,28). The molecule has 0 radical (unpaired) electrons. The lowest BCUT2D eigenvalue weighted by atomic mass is 10.1. The Kier molecular flexibility index (Phi) is 4.50. The highest BCUT2D eigenvalue weighted by Gasteiger charge is 2.13. The van der Waals surface area contributed by atoms with Crippen LogP contribution in [0.15, 0.2) is 67.3 Å². The summed E-state index contributed by atoms with van der Waals surface area (Å²) in [6, 6.07) is 14.7. The Bertz CT molecular complexity index is 1400. The molecule has 1 fully saturated rings. The average Bonchev–Trinajstić information content (AvgIpc) is 3.47. The van der Waals surface area contributed by atoms with Crippen LogP contribution in [0, 0.1) is 0 Å². The van der Waals surface area contributed by atoms with E-state index in [1.807, 2.05) is 34.7 Å². The van der Waals surface area contributed by atoms with E-state index in [-0.39, 0.29) is 0 Å². The number of rotatable bonds is 4. The van der Waals surface area contributed by atoms with Crippen molar-refractivity contribution in [1.29, 1.82) is 0 Å². The third-order valence-electron chi connectivity index (χ3n) is 5.93. The molecular formula is C24H23N7O. The van der Waals surface area contributed by atoms with Crippen molar-refractivity contribution < 1.29 is 4.74 Å². The van der Waals surface area contributed by atoms with Crippen molar-refractivity contribution in [3.63, 3.8) is 0 Å². The molecule has 5 aromatic rings. The number of fused-ring (bicyclic) bond motifs is 2. The molecule has 6 rings (SSSR count). The highest BCUT2D eigenvalue weighted by Crippen LogP contribution is 2.28. The zero-order valence-corrected chi connectivity index (χ0v) is 17.8. The highest BCUT2D eigenvalue weighted by molar-refractivity contribution is 5.84. The molecule has 0 amide bonds. The smallest absolute Gasteiger partial charge is 0.180 e. The molecule has 0 unspecified atom stereocenters. The molecule has 1 aliphatic heterocycles. The highest BCUT2D eigenvalue weighted by atomic mass is 16.5. The van der Waals surface area contributed by atoms with E-state index in [2.05, 4.69) is 62.8 Å². The second kappa shape index (κ2) is 7.65. The van der Waals surface area contributed by atoms with Gasteiger partial charge in [0.2, 0.25) is 0 Å². The van der Waals surface area contributed by atoms with Crippen molar-refractivity contribution in [2.24, 2.45) is 7.05 Å². The summed E-state index contributed by atoms with van der Waals surface area (Å²) < 4.78 is 9.33. The molecule has 4 heterocycles.